The molecule has 4 heteroatoms. The SMILES string of the molecule is CCOC(C=O)C(=O)OC. The molecule has 0 saturated heterocycles. The van der Waals surface area contributed by atoms with Crippen molar-refractivity contribution in [1.29, 1.82) is 0 Å². The van der Waals surface area contributed by atoms with E-state index in [0.717, 1.165) is 0 Å². The fourth-order valence-electron chi connectivity index (χ4n) is 0.459. The summed E-state index contributed by atoms with van der Waals surface area (Å²) in [5, 5.41) is 0. The van der Waals surface area contributed by atoms with E-state index in [1.165, 1.54) is 7.11 Å². The van der Waals surface area contributed by atoms with Crippen molar-refractivity contribution in [3.63, 3.8) is 0 Å². The summed E-state index contributed by atoms with van der Waals surface area (Å²) in [6.07, 6.45) is -0.648. The Bertz CT molecular complexity index is 121. The van der Waals surface area contributed by atoms with Crippen LogP contribution < -0.4 is 0 Å². The molecule has 0 fully saturated rings. The summed E-state index contributed by atoms with van der Waals surface area (Å²) in [5.41, 5.74) is 0. The molecule has 0 radical (unpaired) electrons. The van der Waals surface area contributed by atoms with Crippen LogP contribution in [0.2, 0.25) is 0 Å². The van der Waals surface area contributed by atoms with Crippen molar-refractivity contribution in [2.45, 2.75) is 13.0 Å². The molecular weight excluding hydrogens is 136 g/mol. The van der Waals surface area contributed by atoms with Crippen molar-refractivity contribution < 1.29 is 19.1 Å². The van der Waals surface area contributed by atoms with Crippen LogP contribution in [-0.4, -0.2) is 32.1 Å². The van der Waals surface area contributed by atoms with Crippen molar-refractivity contribution in [2.75, 3.05) is 13.7 Å². The van der Waals surface area contributed by atoms with Crippen molar-refractivity contribution in [3.05, 3.63) is 0 Å². The number of aldehydes is 1. The Morgan fingerprint density at radius 1 is 1.70 bits per heavy atom. The molecule has 0 amide bonds. The number of methoxy groups -OCH3 is 1. The number of ether oxygens (including phenoxy) is 2. The van der Waals surface area contributed by atoms with Crippen LogP contribution in [0.4, 0.5) is 0 Å². The number of hydrogen-bond donors (Lipinski definition) is 0. The normalized spacial score (nSPS) is 12.2. The van der Waals surface area contributed by atoms with Gasteiger partial charge in [-0.05, 0) is 6.92 Å². The highest BCUT2D eigenvalue weighted by atomic mass is 16.6. The monoisotopic (exact) mass is 146 g/mol. The Kier molecular flexibility index (Phi) is 4.49. The first-order valence-electron chi connectivity index (χ1n) is 2.91. The topological polar surface area (TPSA) is 52.6 Å². The largest absolute Gasteiger partial charge is 0.467 e. The lowest BCUT2D eigenvalue weighted by molar-refractivity contribution is -0.155. The molecule has 0 saturated carbocycles. The van der Waals surface area contributed by atoms with Crippen LogP contribution in [-0.2, 0) is 19.1 Å². The molecule has 0 rings (SSSR count). The molecule has 1 unspecified atom stereocenters. The third kappa shape index (κ3) is 2.59. The minimum atomic E-state index is -1.06. The molecule has 1 atom stereocenters. The number of hydrogen-bond acceptors (Lipinski definition) is 4. The second-order valence-corrected chi connectivity index (χ2v) is 1.54. The van der Waals surface area contributed by atoms with E-state index in [0.29, 0.717) is 12.9 Å². The lowest BCUT2D eigenvalue weighted by atomic mass is 10.4. The minimum absolute atomic E-state index is 0.318. The van der Waals surface area contributed by atoms with Gasteiger partial charge >= 0.3 is 5.97 Å². The molecule has 0 bridgehead atoms. The molecule has 0 spiro atoms. The van der Waals surface area contributed by atoms with Gasteiger partial charge in [-0.1, -0.05) is 0 Å². The van der Waals surface area contributed by atoms with Crippen molar-refractivity contribution in [1.82, 2.24) is 0 Å². The Hall–Kier alpha value is -0.900. The smallest absolute Gasteiger partial charge is 0.342 e. The molecule has 4 nitrogen and oxygen atoms in total. The Morgan fingerprint density at radius 3 is 2.60 bits per heavy atom. The van der Waals surface area contributed by atoms with Gasteiger partial charge in [0.2, 0.25) is 6.10 Å². The van der Waals surface area contributed by atoms with Crippen LogP contribution in [0.1, 0.15) is 6.92 Å². The summed E-state index contributed by atoms with van der Waals surface area (Å²) in [4.78, 5) is 20.6. The first kappa shape index (κ1) is 9.10. The molecule has 0 aliphatic rings. The molecule has 0 aromatic heterocycles. The maximum absolute atomic E-state index is 10.6. The highest BCUT2D eigenvalue weighted by molar-refractivity contribution is 5.90. The second-order valence-electron chi connectivity index (χ2n) is 1.54. The zero-order chi connectivity index (χ0) is 7.98. The second kappa shape index (κ2) is 4.93. The Balaban J connectivity index is 3.80. The molecule has 58 valence electrons. The summed E-state index contributed by atoms with van der Waals surface area (Å²) in [6.45, 7) is 2.01. The van der Waals surface area contributed by atoms with Crippen LogP contribution >= 0.6 is 0 Å². The zero-order valence-electron chi connectivity index (χ0n) is 5.99. The Labute approximate surface area is 59.1 Å². The van der Waals surface area contributed by atoms with E-state index in [2.05, 4.69) is 4.74 Å². The van der Waals surface area contributed by atoms with Gasteiger partial charge < -0.3 is 9.47 Å². The molecule has 10 heavy (non-hydrogen) atoms. The summed E-state index contributed by atoms with van der Waals surface area (Å²) < 4.78 is 8.96. The van der Waals surface area contributed by atoms with E-state index in [-0.39, 0.29) is 0 Å². The van der Waals surface area contributed by atoms with E-state index in [1.807, 2.05) is 0 Å². The van der Waals surface area contributed by atoms with Crippen LogP contribution in [0.3, 0.4) is 0 Å². The fraction of sp³-hybridized carbons (Fsp3) is 0.667. The van der Waals surface area contributed by atoms with Gasteiger partial charge in [-0.3, -0.25) is 4.79 Å². The van der Waals surface area contributed by atoms with Gasteiger partial charge in [-0.25, -0.2) is 4.79 Å². The average Bonchev–Trinajstić information content (AvgIpc) is 1.99. The van der Waals surface area contributed by atoms with E-state index >= 15 is 0 Å². The predicted molar refractivity (Wildman–Crippen MR) is 33.5 cm³/mol. The van der Waals surface area contributed by atoms with Gasteiger partial charge in [0.25, 0.3) is 0 Å². The first-order chi connectivity index (χ1) is 4.76. The van der Waals surface area contributed by atoms with E-state index in [1.54, 1.807) is 6.92 Å². The van der Waals surface area contributed by atoms with Gasteiger partial charge in [-0.15, -0.1) is 0 Å². The third-order valence-electron chi connectivity index (χ3n) is 0.903. The highest BCUT2D eigenvalue weighted by Crippen LogP contribution is 1.89. The molecule has 0 aliphatic carbocycles. The quantitative estimate of drug-likeness (QED) is 0.312. The molecular formula is C6H10O4. The standard InChI is InChI=1S/C6H10O4/c1-3-10-5(4-7)6(8)9-2/h4-5H,3H2,1-2H3. The highest BCUT2D eigenvalue weighted by Gasteiger charge is 2.16. The van der Waals surface area contributed by atoms with Crippen LogP contribution in [0.15, 0.2) is 0 Å². The molecule has 0 aromatic carbocycles. The predicted octanol–water partition coefficient (Wildman–Crippen LogP) is -0.237. The number of rotatable bonds is 4. The summed E-state index contributed by atoms with van der Waals surface area (Å²) >= 11 is 0. The maximum Gasteiger partial charge on any atom is 0.342 e. The zero-order valence-corrected chi connectivity index (χ0v) is 5.99. The number of esters is 1. The van der Waals surface area contributed by atoms with Gasteiger partial charge in [0.15, 0.2) is 6.29 Å². The average molecular weight is 146 g/mol. The van der Waals surface area contributed by atoms with E-state index in [4.69, 9.17) is 4.74 Å². The van der Waals surface area contributed by atoms with Crippen LogP contribution in [0.5, 0.6) is 0 Å². The Morgan fingerprint density at radius 2 is 2.30 bits per heavy atom. The number of carbonyl (C=O) groups is 2. The van der Waals surface area contributed by atoms with Crippen molar-refractivity contribution >= 4 is 12.3 Å². The fourth-order valence-corrected chi connectivity index (χ4v) is 0.459. The molecule has 0 aliphatic heterocycles. The van der Waals surface area contributed by atoms with Gasteiger partial charge in [0.05, 0.1) is 7.11 Å². The summed E-state index contributed by atoms with van der Waals surface area (Å²) in [5.74, 6) is -0.656. The lowest BCUT2D eigenvalue weighted by Crippen LogP contribution is -2.26. The molecule has 0 N–H and O–H groups in total. The van der Waals surface area contributed by atoms with E-state index < -0.39 is 12.1 Å². The van der Waals surface area contributed by atoms with Crippen molar-refractivity contribution in [3.8, 4) is 0 Å². The minimum Gasteiger partial charge on any atom is -0.467 e. The maximum atomic E-state index is 10.6. The molecule has 0 aromatic rings. The van der Waals surface area contributed by atoms with Gasteiger partial charge in [0.1, 0.15) is 0 Å². The lowest BCUT2D eigenvalue weighted by Gasteiger charge is -2.05. The van der Waals surface area contributed by atoms with Gasteiger partial charge in [0, 0.05) is 6.61 Å². The third-order valence-corrected chi connectivity index (χ3v) is 0.903. The van der Waals surface area contributed by atoms with Crippen molar-refractivity contribution in [2.24, 2.45) is 0 Å². The van der Waals surface area contributed by atoms with Gasteiger partial charge in [-0.2, -0.15) is 0 Å². The van der Waals surface area contributed by atoms with Crippen LogP contribution in [0, 0.1) is 0 Å². The molecule has 0 heterocycles. The first-order valence-corrected chi connectivity index (χ1v) is 2.91. The summed E-state index contributed by atoms with van der Waals surface area (Å²) in [6, 6.07) is 0. The van der Waals surface area contributed by atoms with Crippen LogP contribution in [0.25, 0.3) is 0 Å². The number of carbonyl (C=O) groups excluding carboxylic acids is 2. The van der Waals surface area contributed by atoms with E-state index in [9.17, 15) is 9.59 Å². The summed E-state index contributed by atoms with van der Waals surface area (Å²) in [7, 11) is 1.21.